The lowest BCUT2D eigenvalue weighted by molar-refractivity contribution is -0.255. The van der Waals surface area contributed by atoms with Crippen LogP contribution in [0.3, 0.4) is 0 Å². The van der Waals surface area contributed by atoms with Gasteiger partial charge in [-0.2, -0.15) is 0 Å². The lowest BCUT2D eigenvalue weighted by Gasteiger charge is -2.59. The fourth-order valence-corrected chi connectivity index (χ4v) is 9.91. The van der Waals surface area contributed by atoms with Gasteiger partial charge in [0.25, 0.3) is 0 Å². The number of ether oxygens (including phenoxy) is 4. The smallest absolute Gasteiger partial charge is 0.410 e. The standard InChI is InChI=1S/C48H62N2O8S/c1-4-25-50(47(53)54-6-3)44-33-42(49-57-34-35-17-9-7-10-18-35)40-31-36(19-13-15-26-51)39(22-14-16-27-52)45-41-32-37(55-29-30-59-38-20-11-8-12-21-38)23-24-43(41)58-48(44,46(40)45)56-28-5-2/h5,7-12,17-18,20-21,23-24,31-32,36,39,44-46,51-52H,2,4,6,13-16,19,22,25-30,33-34H2,1,3H3/t36-,39+,44-,45+,46+,48+/m0/s1. The number of rotatable bonds is 23. The largest absolute Gasteiger partial charge is 0.493 e. The predicted molar refractivity (Wildman–Crippen MR) is 233 cm³/mol. The number of hydrogen-bond donors (Lipinski definition) is 2. The van der Waals surface area contributed by atoms with Crippen LogP contribution in [0.5, 0.6) is 11.5 Å². The third-order valence-electron chi connectivity index (χ3n) is 11.6. The summed E-state index contributed by atoms with van der Waals surface area (Å²) in [5, 5.41) is 24.7. The van der Waals surface area contributed by atoms with E-state index in [0.717, 1.165) is 59.6 Å². The van der Waals surface area contributed by atoms with Crippen LogP contribution in [0.25, 0.3) is 0 Å². The third-order valence-corrected chi connectivity index (χ3v) is 12.6. The number of thioether (sulfide) groups is 1. The molecule has 3 aliphatic rings. The molecule has 1 aliphatic heterocycles. The number of oxime groups is 1. The van der Waals surface area contributed by atoms with Crippen molar-refractivity contribution < 1.29 is 38.8 Å². The predicted octanol–water partition coefficient (Wildman–Crippen LogP) is 9.56. The number of hydrogen-bond acceptors (Lipinski definition) is 10. The summed E-state index contributed by atoms with van der Waals surface area (Å²) in [6.07, 6.45) is 9.47. The zero-order valence-electron chi connectivity index (χ0n) is 34.7. The van der Waals surface area contributed by atoms with E-state index >= 15 is 0 Å². The Labute approximate surface area is 354 Å². The van der Waals surface area contributed by atoms with E-state index in [0.29, 0.717) is 44.6 Å². The second kappa shape index (κ2) is 22.4. The number of allylic oxidation sites excluding steroid dienone is 1. The topological polar surface area (TPSA) is 119 Å². The van der Waals surface area contributed by atoms with Gasteiger partial charge in [-0.3, -0.25) is 4.90 Å². The van der Waals surface area contributed by atoms with E-state index in [-0.39, 0.29) is 50.8 Å². The Morgan fingerprint density at radius 1 is 1.00 bits per heavy atom. The van der Waals surface area contributed by atoms with Gasteiger partial charge in [-0.1, -0.05) is 85.6 Å². The molecule has 6 atom stereocenters. The van der Waals surface area contributed by atoms with Crippen molar-refractivity contribution in [3.63, 3.8) is 0 Å². The molecule has 0 unspecified atom stereocenters. The molecule has 3 aromatic carbocycles. The molecule has 59 heavy (non-hydrogen) atoms. The molecule has 0 bridgehead atoms. The fourth-order valence-electron chi connectivity index (χ4n) is 9.15. The third kappa shape index (κ3) is 10.7. The Balaban J connectivity index is 1.50. The lowest BCUT2D eigenvalue weighted by Crippen LogP contribution is -2.70. The molecular weight excluding hydrogens is 765 g/mol. The minimum Gasteiger partial charge on any atom is -0.493 e. The van der Waals surface area contributed by atoms with Crippen molar-refractivity contribution in [2.24, 2.45) is 22.9 Å². The summed E-state index contributed by atoms with van der Waals surface area (Å²) in [7, 11) is 0. The molecule has 11 heteroatoms. The quantitative estimate of drug-likeness (QED) is 0.0417. The average Bonchev–Trinajstić information content (AvgIpc) is 3.26. The van der Waals surface area contributed by atoms with Crippen LogP contribution in [0.4, 0.5) is 4.79 Å². The van der Waals surface area contributed by atoms with E-state index in [1.807, 2.05) is 74.5 Å². The van der Waals surface area contributed by atoms with Gasteiger partial charge in [0.1, 0.15) is 24.1 Å². The first-order valence-electron chi connectivity index (χ1n) is 21.5. The first-order chi connectivity index (χ1) is 29.0. The summed E-state index contributed by atoms with van der Waals surface area (Å²) in [5.41, 5.74) is 3.77. The number of benzene rings is 3. The first kappa shape index (κ1) is 44.3. The number of unbranched alkanes of at least 4 members (excludes halogenated alkanes) is 2. The van der Waals surface area contributed by atoms with Crippen molar-refractivity contribution in [1.29, 1.82) is 0 Å². The molecule has 10 nitrogen and oxygen atoms in total. The van der Waals surface area contributed by atoms with Crippen LogP contribution < -0.4 is 9.47 Å². The summed E-state index contributed by atoms with van der Waals surface area (Å²) in [6, 6.07) is 25.7. The average molecular weight is 827 g/mol. The molecule has 1 amide bonds. The van der Waals surface area contributed by atoms with Gasteiger partial charge in [0, 0.05) is 48.3 Å². The van der Waals surface area contributed by atoms with Gasteiger partial charge in [0.2, 0.25) is 5.79 Å². The van der Waals surface area contributed by atoms with Crippen molar-refractivity contribution in [2.45, 2.75) is 94.5 Å². The fraction of sp³-hybridized carbons (Fsp3) is 0.500. The SMILES string of the molecule is C=CCO[C@@]12Oc3ccc(OCCSc4ccccc4)cc3[C@H]3[C@H](CCCCO)[C@@H](CCCCO)C=C(C(=NOCc4ccccc4)C[C@@H]1N(CCC)C(=O)OCC)[C@H]32. The van der Waals surface area contributed by atoms with Crippen LogP contribution in [-0.4, -0.2) is 84.1 Å². The van der Waals surface area contributed by atoms with Gasteiger partial charge >= 0.3 is 6.09 Å². The molecule has 0 aromatic heterocycles. The maximum atomic E-state index is 14.0. The van der Waals surface area contributed by atoms with Crippen molar-refractivity contribution in [2.75, 3.05) is 45.3 Å². The molecular formula is C48H62N2O8S. The Bertz CT molecular complexity index is 1840. The molecule has 1 saturated carbocycles. The van der Waals surface area contributed by atoms with Crippen LogP contribution in [0.1, 0.15) is 82.3 Å². The van der Waals surface area contributed by atoms with E-state index < -0.39 is 23.8 Å². The van der Waals surface area contributed by atoms with Crippen LogP contribution in [0.2, 0.25) is 0 Å². The van der Waals surface area contributed by atoms with Crippen molar-refractivity contribution in [3.8, 4) is 11.5 Å². The maximum Gasteiger partial charge on any atom is 0.410 e. The second-order valence-corrected chi connectivity index (χ2v) is 16.6. The van der Waals surface area contributed by atoms with Crippen molar-refractivity contribution in [1.82, 2.24) is 4.90 Å². The van der Waals surface area contributed by atoms with Crippen LogP contribution >= 0.6 is 11.8 Å². The molecule has 0 radical (unpaired) electrons. The highest BCUT2D eigenvalue weighted by Gasteiger charge is 2.65. The highest BCUT2D eigenvalue weighted by atomic mass is 32.2. The van der Waals surface area contributed by atoms with E-state index in [1.54, 1.807) is 22.7 Å². The molecule has 318 valence electrons. The first-order valence-corrected chi connectivity index (χ1v) is 22.4. The summed E-state index contributed by atoms with van der Waals surface area (Å²) < 4.78 is 26.5. The zero-order valence-corrected chi connectivity index (χ0v) is 35.5. The molecule has 1 fully saturated rings. The highest BCUT2D eigenvalue weighted by Crippen LogP contribution is 2.62. The van der Waals surface area contributed by atoms with Gasteiger partial charge in [-0.25, -0.2) is 4.79 Å². The van der Waals surface area contributed by atoms with Gasteiger partial charge in [-0.15, -0.1) is 18.3 Å². The Kier molecular flexibility index (Phi) is 16.8. The zero-order chi connectivity index (χ0) is 41.5. The van der Waals surface area contributed by atoms with E-state index in [9.17, 15) is 15.0 Å². The van der Waals surface area contributed by atoms with Crippen LogP contribution in [-0.2, 0) is 20.9 Å². The lowest BCUT2D eigenvalue weighted by atomic mass is 9.55. The van der Waals surface area contributed by atoms with Crippen LogP contribution in [0.15, 0.2) is 113 Å². The number of carbonyl (C=O) groups excluding carboxylic acids is 1. The number of aliphatic hydroxyl groups excluding tert-OH is 2. The number of nitrogens with zero attached hydrogens (tertiary/aromatic N) is 2. The summed E-state index contributed by atoms with van der Waals surface area (Å²) in [4.78, 5) is 23.2. The molecule has 3 aromatic rings. The van der Waals surface area contributed by atoms with Gasteiger partial charge in [-0.05, 0) is 92.3 Å². The van der Waals surface area contributed by atoms with E-state index in [1.165, 1.54) is 4.90 Å². The van der Waals surface area contributed by atoms with Crippen molar-refractivity contribution >= 4 is 23.6 Å². The minimum absolute atomic E-state index is 0.111. The monoisotopic (exact) mass is 826 g/mol. The molecule has 0 spiro atoms. The summed E-state index contributed by atoms with van der Waals surface area (Å²) >= 11 is 1.76. The molecule has 0 saturated heterocycles. The minimum atomic E-state index is -1.34. The number of carbonyl (C=O) groups is 1. The van der Waals surface area contributed by atoms with Crippen molar-refractivity contribution in [3.05, 3.63) is 114 Å². The Morgan fingerprint density at radius 3 is 2.46 bits per heavy atom. The molecule has 2 aliphatic carbocycles. The summed E-state index contributed by atoms with van der Waals surface area (Å²) in [6.45, 7) is 9.79. The maximum absolute atomic E-state index is 14.0. The van der Waals surface area contributed by atoms with Gasteiger partial charge in [0.05, 0.1) is 31.5 Å². The normalized spacial score (nSPS) is 23.6. The van der Waals surface area contributed by atoms with E-state index in [4.69, 9.17) is 28.9 Å². The van der Waals surface area contributed by atoms with Gasteiger partial charge < -0.3 is 34.0 Å². The second-order valence-electron chi connectivity index (χ2n) is 15.4. The molecule has 6 rings (SSSR count). The highest BCUT2D eigenvalue weighted by molar-refractivity contribution is 7.99. The summed E-state index contributed by atoms with van der Waals surface area (Å²) in [5.74, 6) is 0.591. The molecule has 1 heterocycles. The number of aliphatic hydroxyl groups is 2. The Morgan fingerprint density at radius 2 is 1.75 bits per heavy atom. The number of amides is 1. The van der Waals surface area contributed by atoms with Gasteiger partial charge in [0.15, 0.2) is 0 Å². The van der Waals surface area contributed by atoms with E-state index in [2.05, 4.69) is 30.9 Å². The molecule has 2 N–H and O–H groups in total. The van der Waals surface area contributed by atoms with Crippen LogP contribution in [0, 0.1) is 17.8 Å². The Hall–Kier alpha value is -4.29. The number of fused-ring (bicyclic) bond motifs is 2.